The molecular weight excluding hydrogens is 477 g/mol. The molecule has 3 aromatic heterocycles. The number of alkyl halides is 5. The summed E-state index contributed by atoms with van der Waals surface area (Å²) in [5.41, 5.74) is -1.62. The standard InChI is InChI=1S/C22H20F5N5O3/c1-12-9-14(17(22(25,26)27)30-18-13(20(34)35)3-2-6-28-18)19-29-15(10-16(33)32(19)11-12)31-7-4-21(23,24)5-8-31/h2-3,6,9-11,17H,4-5,7-8H2,1H3,(H,28,30)(H,34,35)/t17-/m0/s1. The fraction of sp³-hybridized carbons (Fsp3) is 0.364. The van der Waals surface area contributed by atoms with Crippen molar-refractivity contribution in [3.63, 3.8) is 0 Å². The molecule has 8 nitrogen and oxygen atoms in total. The summed E-state index contributed by atoms with van der Waals surface area (Å²) in [6, 6.07) is 2.18. The third kappa shape index (κ3) is 5.03. The molecule has 2 N–H and O–H groups in total. The topological polar surface area (TPSA) is 99.8 Å². The highest BCUT2D eigenvalue weighted by Crippen LogP contribution is 2.38. The van der Waals surface area contributed by atoms with Crippen molar-refractivity contribution in [2.24, 2.45) is 0 Å². The van der Waals surface area contributed by atoms with Crippen LogP contribution in [0.15, 0.2) is 41.5 Å². The molecule has 0 unspecified atom stereocenters. The summed E-state index contributed by atoms with van der Waals surface area (Å²) in [6.07, 6.45) is -3.43. The van der Waals surface area contributed by atoms with Crippen molar-refractivity contribution in [3.8, 4) is 0 Å². The van der Waals surface area contributed by atoms with E-state index in [0.29, 0.717) is 5.56 Å². The smallest absolute Gasteiger partial charge is 0.412 e. The SMILES string of the molecule is Cc1cc([C@H](Nc2ncccc2C(=O)O)C(F)(F)F)c2nc(N3CCC(F)(F)CC3)cc(=O)n2c1. The van der Waals surface area contributed by atoms with Gasteiger partial charge >= 0.3 is 12.1 Å². The van der Waals surface area contributed by atoms with Gasteiger partial charge in [-0.15, -0.1) is 0 Å². The van der Waals surface area contributed by atoms with Gasteiger partial charge in [0.2, 0.25) is 0 Å². The number of hydrogen-bond donors (Lipinski definition) is 2. The van der Waals surface area contributed by atoms with Crippen LogP contribution < -0.4 is 15.8 Å². The lowest BCUT2D eigenvalue weighted by Crippen LogP contribution is -2.40. The minimum Gasteiger partial charge on any atom is -0.478 e. The fourth-order valence-corrected chi connectivity index (χ4v) is 3.96. The monoisotopic (exact) mass is 497 g/mol. The summed E-state index contributed by atoms with van der Waals surface area (Å²) >= 11 is 0. The first-order chi connectivity index (χ1) is 16.4. The molecule has 1 aliphatic rings. The Morgan fingerprint density at radius 2 is 1.91 bits per heavy atom. The van der Waals surface area contributed by atoms with E-state index in [-0.39, 0.29) is 24.6 Å². The molecule has 0 bridgehead atoms. The number of carbonyl (C=O) groups is 1. The molecule has 1 atom stereocenters. The van der Waals surface area contributed by atoms with Gasteiger partial charge in [0.1, 0.15) is 22.8 Å². The number of nitrogens with zero attached hydrogens (tertiary/aromatic N) is 4. The molecule has 186 valence electrons. The van der Waals surface area contributed by atoms with Crippen LogP contribution in [0.25, 0.3) is 5.65 Å². The predicted octanol–water partition coefficient (Wildman–Crippen LogP) is 4.05. The minimum atomic E-state index is -4.94. The van der Waals surface area contributed by atoms with Crippen LogP contribution in [0.4, 0.5) is 33.6 Å². The van der Waals surface area contributed by atoms with Gasteiger partial charge in [0.25, 0.3) is 11.5 Å². The van der Waals surface area contributed by atoms with Gasteiger partial charge in [-0.1, -0.05) is 0 Å². The number of pyridine rings is 2. The highest BCUT2D eigenvalue weighted by molar-refractivity contribution is 5.93. The van der Waals surface area contributed by atoms with Crippen molar-refractivity contribution in [2.75, 3.05) is 23.3 Å². The number of anilines is 2. The summed E-state index contributed by atoms with van der Waals surface area (Å²) in [5, 5.41) is 11.5. The number of carboxylic acid groups (broad SMARTS) is 1. The second-order valence-electron chi connectivity index (χ2n) is 8.29. The second kappa shape index (κ2) is 8.78. The Kier molecular flexibility index (Phi) is 6.11. The van der Waals surface area contributed by atoms with Crippen LogP contribution in [-0.4, -0.2) is 50.6 Å². The molecule has 35 heavy (non-hydrogen) atoms. The second-order valence-corrected chi connectivity index (χ2v) is 8.29. The summed E-state index contributed by atoms with van der Waals surface area (Å²) in [6.45, 7) is 1.26. The maximum absolute atomic E-state index is 14.3. The Morgan fingerprint density at radius 1 is 1.23 bits per heavy atom. The largest absolute Gasteiger partial charge is 0.478 e. The summed E-state index contributed by atoms with van der Waals surface area (Å²) in [7, 11) is 0. The van der Waals surface area contributed by atoms with Gasteiger partial charge in [0.15, 0.2) is 6.04 Å². The van der Waals surface area contributed by atoms with Crippen molar-refractivity contribution in [1.82, 2.24) is 14.4 Å². The third-order valence-electron chi connectivity index (χ3n) is 5.69. The van der Waals surface area contributed by atoms with Crippen LogP contribution in [0, 0.1) is 6.92 Å². The molecule has 1 aliphatic heterocycles. The van der Waals surface area contributed by atoms with E-state index in [4.69, 9.17) is 0 Å². The maximum atomic E-state index is 14.3. The first kappa shape index (κ1) is 24.4. The van der Waals surface area contributed by atoms with E-state index >= 15 is 0 Å². The van der Waals surface area contributed by atoms with Crippen LogP contribution in [0.5, 0.6) is 0 Å². The molecule has 0 spiro atoms. The maximum Gasteiger partial charge on any atom is 0.412 e. The first-order valence-corrected chi connectivity index (χ1v) is 10.5. The van der Waals surface area contributed by atoms with Crippen molar-refractivity contribution >= 4 is 23.3 Å². The number of hydrogen-bond acceptors (Lipinski definition) is 6. The lowest BCUT2D eigenvalue weighted by Gasteiger charge is -2.32. The number of carboxylic acids is 1. The van der Waals surface area contributed by atoms with Gasteiger partial charge in [0, 0.05) is 50.0 Å². The van der Waals surface area contributed by atoms with Crippen molar-refractivity contribution in [1.29, 1.82) is 0 Å². The summed E-state index contributed by atoms with van der Waals surface area (Å²) in [5.74, 6) is -4.87. The molecule has 0 amide bonds. The van der Waals surface area contributed by atoms with E-state index in [2.05, 4.69) is 15.3 Å². The van der Waals surface area contributed by atoms with E-state index < -0.39 is 59.5 Å². The minimum absolute atomic E-state index is 0.0133. The fourth-order valence-electron chi connectivity index (χ4n) is 3.96. The van der Waals surface area contributed by atoms with Crippen LogP contribution in [0.1, 0.15) is 40.4 Å². The molecular formula is C22H20F5N5O3. The number of rotatable bonds is 5. The summed E-state index contributed by atoms with van der Waals surface area (Å²) in [4.78, 5) is 33.7. The Balaban J connectivity index is 1.86. The molecule has 3 aromatic rings. The van der Waals surface area contributed by atoms with E-state index in [0.717, 1.165) is 22.7 Å². The Morgan fingerprint density at radius 3 is 2.54 bits per heavy atom. The van der Waals surface area contributed by atoms with Gasteiger partial charge < -0.3 is 15.3 Å². The normalized spacial score (nSPS) is 16.8. The highest BCUT2D eigenvalue weighted by Gasteiger charge is 2.43. The number of halogens is 5. The van der Waals surface area contributed by atoms with Gasteiger partial charge in [-0.3, -0.25) is 9.20 Å². The zero-order valence-electron chi connectivity index (χ0n) is 18.3. The quantitative estimate of drug-likeness (QED) is 0.513. The van der Waals surface area contributed by atoms with Crippen molar-refractivity contribution < 1.29 is 31.9 Å². The number of fused-ring (bicyclic) bond motifs is 1. The molecule has 4 heterocycles. The van der Waals surface area contributed by atoms with Gasteiger partial charge in [-0.25, -0.2) is 23.5 Å². The lowest BCUT2D eigenvalue weighted by atomic mass is 10.0. The van der Waals surface area contributed by atoms with Crippen LogP contribution in [-0.2, 0) is 0 Å². The van der Waals surface area contributed by atoms with Crippen molar-refractivity contribution in [2.45, 2.75) is 37.9 Å². The molecule has 13 heteroatoms. The first-order valence-electron chi connectivity index (χ1n) is 10.5. The highest BCUT2D eigenvalue weighted by atomic mass is 19.4. The molecule has 0 saturated carbocycles. The van der Waals surface area contributed by atoms with Gasteiger partial charge in [-0.05, 0) is 30.7 Å². The van der Waals surface area contributed by atoms with Crippen LogP contribution >= 0.6 is 0 Å². The van der Waals surface area contributed by atoms with Gasteiger partial charge in [-0.2, -0.15) is 13.2 Å². The zero-order valence-corrected chi connectivity index (χ0v) is 18.3. The van der Waals surface area contributed by atoms with Crippen LogP contribution in [0.3, 0.4) is 0 Å². The molecule has 0 aromatic carbocycles. The predicted molar refractivity (Wildman–Crippen MR) is 116 cm³/mol. The Labute approximate surface area is 195 Å². The average Bonchev–Trinajstić information content (AvgIpc) is 2.77. The van der Waals surface area contributed by atoms with Crippen LogP contribution in [0.2, 0.25) is 0 Å². The lowest BCUT2D eigenvalue weighted by molar-refractivity contribution is -0.143. The molecule has 1 fully saturated rings. The zero-order chi connectivity index (χ0) is 25.5. The number of aryl methyl sites for hydroxylation is 1. The van der Waals surface area contributed by atoms with Gasteiger partial charge in [0.05, 0.1) is 0 Å². The average molecular weight is 497 g/mol. The number of aromatic nitrogens is 3. The Hall–Kier alpha value is -3.77. The molecule has 4 rings (SSSR count). The van der Waals surface area contributed by atoms with Crippen molar-refractivity contribution in [3.05, 3.63) is 63.7 Å². The molecule has 0 radical (unpaired) electrons. The molecule has 0 aliphatic carbocycles. The number of piperidine rings is 1. The number of nitrogens with one attached hydrogen (secondary N) is 1. The van der Waals surface area contributed by atoms with E-state index in [1.165, 1.54) is 30.2 Å². The third-order valence-corrected chi connectivity index (χ3v) is 5.69. The van der Waals surface area contributed by atoms with E-state index in [1.54, 1.807) is 0 Å². The van der Waals surface area contributed by atoms with E-state index in [1.807, 2.05) is 0 Å². The van der Waals surface area contributed by atoms with E-state index in [9.17, 15) is 36.6 Å². The Bertz CT molecular complexity index is 1330. The molecule has 1 saturated heterocycles. The number of aromatic carboxylic acids is 1. The summed E-state index contributed by atoms with van der Waals surface area (Å²) < 4.78 is 70.9.